The highest BCUT2D eigenvalue weighted by Gasteiger charge is 2.12. The van der Waals surface area contributed by atoms with Crippen molar-refractivity contribution < 1.29 is 0 Å². The highest BCUT2D eigenvalue weighted by molar-refractivity contribution is 5.31. The van der Waals surface area contributed by atoms with Crippen LogP contribution in [-0.4, -0.2) is 16.0 Å². The maximum absolute atomic E-state index is 3.97. The number of hydrogen-bond acceptors (Lipinski definition) is 2. The van der Waals surface area contributed by atoms with Gasteiger partial charge in [0.05, 0.1) is 12.5 Å². The molecular weight excluding hydrogens is 150 g/mol. The van der Waals surface area contributed by atoms with Crippen molar-refractivity contribution >= 4 is 5.82 Å². The minimum atomic E-state index is 0.666. The van der Waals surface area contributed by atoms with Gasteiger partial charge in [0.1, 0.15) is 5.82 Å². The zero-order valence-electron chi connectivity index (χ0n) is 7.21. The summed E-state index contributed by atoms with van der Waals surface area (Å²) in [6.45, 7) is 0. The van der Waals surface area contributed by atoms with Crippen LogP contribution in [0.1, 0.15) is 32.1 Å². The molecule has 1 aromatic heterocycles. The SMILES string of the molecule is c1ncc(NC2CCCCC2)[nH]1. The number of hydrogen-bond donors (Lipinski definition) is 2. The van der Waals surface area contributed by atoms with Crippen LogP contribution in [0, 0.1) is 0 Å². The molecule has 2 rings (SSSR count). The summed E-state index contributed by atoms with van der Waals surface area (Å²) in [7, 11) is 0. The Hall–Kier alpha value is -0.990. The van der Waals surface area contributed by atoms with E-state index in [4.69, 9.17) is 0 Å². The summed E-state index contributed by atoms with van der Waals surface area (Å²) in [6, 6.07) is 0.666. The van der Waals surface area contributed by atoms with Crippen molar-refractivity contribution in [2.24, 2.45) is 0 Å². The molecule has 1 aliphatic carbocycles. The van der Waals surface area contributed by atoms with E-state index in [1.165, 1.54) is 32.1 Å². The fourth-order valence-corrected chi connectivity index (χ4v) is 1.80. The van der Waals surface area contributed by atoms with Gasteiger partial charge < -0.3 is 10.3 Å². The molecule has 12 heavy (non-hydrogen) atoms. The Morgan fingerprint density at radius 3 is 2.83 bits per heavy atom. The van der Waals surface area contributed by atoms with Crippen LogP contribution >= 0.6 is 0 Å². The Bertz CT molecular complexity index is 212. The molecule has 0 aliphatic heterocycles. The molecule has 3 nitrogen and oxygen atoms in total. The summed E-state index contributed by atoms with van der Waals surface area (Å²) < 4.78 is 0. The average Bonchev–Trinajstić information content (AvgIpc) is 2.59. The van der Waals surface area contributed by atoms with Crippen molar-refractivity contribution in [3.05, 3.63) is 12.5 Å². The van der Waals surface area contributed by atoms with Crippen molar-refractivity contribution in [1.82, 2.24) is 9.97 Å². The van der Waals surface area contributed by atoms with E-state index >= 15 is 0 Å². The van der Waals surface area contributed by atoms with Gasteiger partial charge in [0.25, 0.3) is 0 Å². The number of imidazole rings is 1. The van der Waals surface area contributed by atoms with E-state index in [0.29, 0.717) is 6.04 Å². The highest BCUT2D eigenvalue weighted by atomic mass is 15.1. The molecule has 1 saturated carbocycles. The Kier molecular flexibility index (Phi) is 2.30. The molecule has 66 valence electrons. The molecule has 0 atom stereocenters. The number of anilines is 1. The topological polar surface area (TPSA) is 40.7 Å². The molecule has 1 heterocycles. The number of nitrogens with one attached hydrogen (secondary N) is 2. The van der Waals surface area contributed by atoms with Gasteiger partial charge in [0.2, 0.25) is 0 Å². The van der Waals surface area contributed by atoms with Crippen molar-refractivity contribution in [1.29, 1.82) is 0 Å². The minimum absolute atomic E-state index is 0.666. The van der Waals surface area contributed by atoms with Crippen LogP contribution in [0.25, 0.3) is 0 Å². The molecule has 0 unspecified atom stereocenters. The van der Waals surface area contributed by atoms with Gasteiger partial charge in [0.15, 0.2) is 0 Å². The summed E-state index contributed by atoms with van der Waals surface area (Å²) >= 11 is 0. The molecule has 1 aromatic rings. The fraction of sp³-hybridized carbons (Fsp3) is 0.667. The Morgan fingerprint density at radius 2 is 2.17 bits per heavy atom. The van der Waals surface area contributed by atoms with Crippen LogP contribution in [0.5, 0.6) is 0 Å². The lowest BCUT2D eigenvalue weighted by molar-refractivity contribution is 0.462. The van der Waals surface area contributed by atoms with Crippen molar-refractivity contribution in [3.8, 4) is 0 Å². The van der Waals surface area contributed by atoms with Gasteiger partial charge in [-0.25, -0.2) is 4.98 Å². The number of nitrogens with zero attached hydrogens (tertiary/aromatic N) is 1. The second-order valence-electron chi connectivity index (χ2n) is 3.44. The number of aromatic amines is 1. The van der Waals surface area contributed by atoms with E-state index in [9.17, 15) is 0 Å². The van der Waals surface area contributed by atoms with Gasteiger partial charge in [-0.05, 0) is 12.8 Å². The van der Waals surface area contributed by atoms with E-state index in [1.54, 1.807) is 6.33 Å². The first-order valence-electron chi connectivity index (χ1n) is 4.70. The zero-order chi connectivity index (χ0) is 8.23. The van der Waals surface area contributed by atoms with Crippen LogP contribution < -0.4 is 5.32 Å². The number of rotatable bonds is 2. The predicted molar refractivity (Wildman–Crippen MR) is 49.1 cm³/mol. The van der Waals surface area contributed by atoms with Crippen LogP contribution in [0.15, 0.2) is 12.5 Å². The van der Waals surface area contributed by atoms with Crippen molar-refractivity contribution in [2.45, 2.75) is 38.1 Å². The van der Waals surface area contributed by atoms with Gasteiger partial charge in [-0.2, -0.15) is 0 Å². The molecule has 0 amide bonds. The van der Waals surface area contributed by atoms with E-state index in [0.717, 1.165) is 5.82 Å². The van der Waals surface area contributed by atoms with Crippen molar-refractivity contribution in [2.75, 3.05) is 5.32 Å². The average molecular weight is 165 g/mol. The Labute approximate surface area is 72.6 Å². The highest BCUT2D eigenvalue weighted by Crippen LogP contribution is 2.20. The molecule has 0 spiro atoms. The first-order valence-corrected chi connectivity index (χ1v) is 4.70. The van der Waals surface area contributed by atoms with Crippen LogP contribution in [0.3, 0.4) is 0 Å². The summed E-state index contributed by atoms with van der Waals surface area (Å²) in [5.41, 5.74) is 0. The summed E-state index contributed by atoms with van der Waals surface area (Å²) in [6.07, 6.45) is 10.3. The second-order valence-corrected chi connectivity index (χ2v) is 3.44. The summed E-state index contributed by atoms with van der Waals surface area (Å²) in [5, 5.41) is 3.44. The molecule has 0 bridgehead atoms. The van der Waals surface area contributed by atoms with E-state index in [1.807, 2.05) is 6.20 Å². The second kappa shape index (κ2) is 3.61. The third-order valence-electron chi connectivity index (χ3n) is 2.46. The van der Waals surface area contributed by atoms with Crippen molar-refractivity contribution in [3.63, 3.8) is 0 Å². The van der Waals surface area contributed by atoms with Gasteiger partial charge in [-0.3, -0.25) is 0 Å². The maximum atomic E-state index is 3.97. The normalized spacial score (nSPS) is 19.3. The van der Waals surface area contributed by atoms with Crippen LogP contribution in [-0.2, 0) is 0 Å². The van der Waals surface area contributed by atoms with Crippen LogP contribution in [0.2, 0.25) is 0 Å². The molecule has 2 N–H and O–H groups in total. The fourth-order valence-electron chi connectivity index (χ4n) is 1.80. The Morgan fingerprint density at radius 1 is 1.33 bits per heavy atom. The molecule has 0 saturated heterocycles. The minimum Gasteiger partial charge on any atom is -0.368 e. The van der Waals surface area contributed by atoms with Gasteiger partial charge >= 0.3 is 0 Å². The van der Waals surface area contributed by atoms with Gasteiger partial charge in [-0.1, -0.05) is 19.3 Å². The molecule has 1 aliphatic rings. The largest absolute Gasteiger partial charge is 0.368 e. The number of aromatic nitrogens is 2. The third-order valence-corrected chi connectivity index (χ3v) is 2.46. The van der Waals surface area contributed by atoms with E-state index in [2.05, 4.69) is 15.3 Å². The molecule has 0 aromatic carbocycles. The standard InChI is InChI=1S/C9H15N3/c1-2-4-8(5-3-1)12-9-6-10-7-11-9/h6-8,12H,1-5H2,(H,10,11). The quantitative estimate of drug-likeness (QED) is 0.705. The molecule has 0 radical (unpaired) electrons. The predicted octanol–water partition coefficient (Wildman–Crippen LogP) is 2.15. The van der Waals surface area contributed by atoms with Crippen LogP contribution in [0.4, 0.5) is 5.82 Å². The number of H-pyrrole nitrogens is 1. The maximum Gasteiger partial charge on any atom is 0.123 e. The monoisotopic (exact) mass is 165 g/mol. The lowest BCUT2D eigenvalue weighted by atomic mass is 9.96. The summed E-state index contributed by atoms with van der Waals surface area (Å²) in [4.78, 5) is 7.03. The van der Waals surface area contributed by atoms with Gasteiger partial charge in [-0.15, -0.1) is 0 Å². The smallest absolute Gasteiger partial charge is 0.123 e. The molecule has 1 fully saturated rings. The first-order chi connectivity index (χ1) is 5.95. The first kappa shape index (κ1) is 7.65. The lowest BCUT2D eigenvalue weighted by Crippen LogP contribution is -2.22. The Balaban J connectivity index is 1.86. The summed E-state index contributed by atoms with van der Waals surface area (Å²) in [5.74, 6) is 1.06. The third kappa shape index (κ3) is 1.78. The molecular formula is C9H15N3. The lowest BCUT2D eigenvalue weighted by Gasteiger charge is -2.22. The van der Waals surface area contributed by atoms with E-state index in [-0.39, 0.29) is 0 Å². The van der Waals surface area contributed by atoms with E-state index < -0.39 is 0 Å². The zero-order valence-corrected chi connectivity index (χ0v) is 7.21. The van der Waals surface area contributed by atoms with Gasteiger partial charge in [0, 0.05) is 6.04 Å². The molecule has 3 heteroatoms.